The third kappa shape index (κ3) is 2.27. The van der Waals surface area contributed by atoms with E-state index in [0.29, 0.717) is 10.0 Å². The van der Waals surface area contributed by atoms with E-state index in [0.717, 1.165) is 0 Å². The molecule has 0 saturated heterocycles. The summed E-state index contributed by atoms with van der Waals surface area (Å²) >= 11 is 3.18. The fourth-order valence-electron chi connectivity index (χ4n) is 1.07. The Morgan fingerprint density at radius 3 is 2.62 bits per heavy atom. The molecule has 0 aliphatic heterocycles. The van der Waals surface area contributed by atoms with Gasteiger partial charge < -0.3 is 10.8 Å². The van der Waals surface area contributed by atoms with Crippen molar-refractivity contribution in [2.75, 3.05) is 0 Å². The standard InChI is InChI=1S/C9H11BrFNO/c1-5(13)9(12)8-6(10)3-2-4-7(8)11/h2-5,9,13H,12H2,1H3/t5-,9-/m0/s1. The largest absolute Gasteiger partial charge is 0.391 e. The fraction of sp³-hybridized carbons (Fsp3) is 0.333. The summed E-state index contributed by atoms with van der Waals surface area (Å²) in [5, 5.41) is 9.21. The van der Waals surface area contributed by atoms with Crippen LogP contribution in [0.2, 0.25) is 0 Å². The fourth-order valence-corrected chi connectivity index (χ4v) is 1.68. The molecule has 1 rings (SSSR count). The third-order valence-electron chi connectivity index (χ3n) is 1.85. The van der Waals surface area contributed by atoms with Gasteiger partial charge in [0.25, 0.3) is 0 Å². The highest BCUT2D eigenvalue weighted by Crippen LogP contribution is 2.26. The van der Waals surface area contributed by atoms with E-state index in [-0.39, 0.29) is 0 Å². The maximum Gasteiger partial charge on any atom is 0.129 e. The van der Waals surface area contributed by atoms with Crippen molar-refractivity contribution in [1.29, 1.82) is 0 Å². The molecule has 1 aromatic carbocycles. The van der Waals surface area contributed by atoms with Crippen molar-refractivity contribution in [1.82, 2.24) is 0 Å². The van der Waals surface area contributed by atoms with Crippen LogP contribution in [0.25, 0.3) is 0 Å². The van der Waals surface area contributed by atoms with Crippen molar-refractivity contribution in [2.24, 2.45) is 5.73 Å². The van der Waals surface area contributed by atoms with Crippen molar-refractivity contribution in [3.63, 3.8) is 0 Å². The molecular weight excluding hydrogens is 237 g/mol. The van der Waals surface area contributed by atoms with Gasteiger partial charge in [-0.2, -0.15) is 0 Å². The summed E-state index contributed by atoms with van der Waals surface area (Å²) in [6, 6.07) is 3.90. The molecule has 0 unspecified atom stereocenters. The molecule has 4 heteroatoms. The molecule has 0 aliphatic rings. The van der Waals surface area contributed by atoms with Crippen LogP contribution in [0.1, 0.15) is 18.5 Å². The maximum atomic E-state index is 13.2. The highest BCUT2D eigenvalue weighted by atomic mass is 79.9. The van der Waals surface area contributed by atoms with Crippen LogP contribution in [-0.4, -0.2) is 11.2 Å². The van der Waals surface area contributed by atoms with Gasteiger partial charge in [-0.05, 0) is 19.1 Å². The molecule has 2 nitrogen and oxygen atoms in total. The summed E-state index contributed by atoms with van der Waals surface area (Å²) in [7, 11) is 0. The van der Waals surface area contributed by atoms with Crippen molar-refractivity contribution in [2.45, 2.75) is 19.1 Å². The molecule has 1 aromatic rings. The van der Waals surface area contributed by atoms with E-state index in [4.69, 9.17) is 5.73 Å². The van der Waals surface area contributed by atoms with Gasteiger partial charge >= 0.3 is 0 Å². The van der Waals surface area contributed by atoms with Crippen LogP contribution < -0.4 is 5.73 Å². The molecule has 0 spiro atoms. The SMILES string of the molecule is C[C@H](O)[C@H](N)c1c(F)cccc1Br. The lowest BCUT2D eigenvalue weighted by molar-refractivity contribution is 0.162. The zero-order valence-corrected chi connectivity index (χ0v) is 8.75. The Bertz CT molecular complexity index is 283. The molecule has 72 valence electrons. The van der Waals surface area contributed by atoms with Crippen LogP contribution in [0.15, 0.2) is 22.7 Å². The summed E-state index contributed by atoms with van der Waals surface area (Å²) < 4.78 is 13.8. The van der Waals surface area contributed by atoms with Crippen molar-refractivity contribution in [3.05, 3.63) is 34.1 Å². The van der Waals surface area contributed by atoms with E-state index in [1.165, 1.54) is 13.0 Å². The quantitative estimate of drug-likeness (QED) is 0.840. The smallest absolute Gasteiger partial charge is 0.129 e. The van der Waals surface area contributed by atoms with E-state index < -0.39 is 18.0 Å². The molecular formula is C9H11BrFNO. The summed E-state index contributed by atoms with van der Waals surface area (Å²) in [6.45, 7) is 1.53. The van der Waals surface area contributed by atoms with E-state index in [1.807, 2.05) is 0 Å². The maximum absolute atomic E-state index is 13.2. The van der Waals surface area contributed by atoms with Crippen LogP contribution >= 0.6 is 15.9 Å². The monoisotopic (exact) mass is 247 g/mol. The highest BCUT2D eigenvalue weighted by Gasteiger charge is 2.18. The number of hydrogen-bond acceptors (Lipinski definition) is 2. The molecule has 0 aliphatic carbocycles. The average molecular weight is 248 g/mol. The minimum absolute atomic E-state index is 0.317. The Morgan fingerprint density at radius 2 is 2.15 bits per heavy atom. The average Bonchev–Trinajstić information content (AvgIpc) is 2.03. The summed E-state index contributed by atoms with van der Waals surface area (Å²) in [5.74, 6) is -0.400. The van der Waals surface area contributed by atoms with Crippen LogP contribution in [-0.2, 0) is 0 Å². The lowest BCUT2D eigenvalue weighted by atomic mass is 10.0. The number of aliphatic hydroxyl groups is 1. The van der Waals surface area contributed by atoms with Gasteiger partial charge in [0.05, 0.1) is 12.1 Å². The van der Waals surface area contributed by atoms with Crippen LogP contribution in [0.3, 0.4) is 0 Å². The minimum Gasteiger partial charge on any atom is -0.391 e. The molecule has 2 atom stereocenters. The normalized spacial score (nSPS) is 15.5. The van der Waals surface area contributed by atoms with Gasteiger partial charge in [-0.1, -0.05) is 22.0 Å². The Kier molecular flexibility index (Phi) is 3.41. The van der Waals surface area contributed by atoms with Crippen molar-refractivity contribution < 1.29 is 9.50 Å². The van der Waals surface area contributed by atoms with Gasteiger partial charge in [0, 0.05) is 10.0 Å². The minimum atomic E-state index is -0.770. The first-order chi connectivity index (χ1) is 6.04. The van der Waals surface area contributed by atoms with Gasteiger partial charge in [0.2, 0.25) is 0 Å². The number of nitrogens with two attached hydrogens (primary N) is 1. The highest BCUT2D eigenvalue weighted by molar-refractivity contribution is 9.10. The lowest BCUT2D eigenvalue weighted by Crippen LogP contribution is -2.24. The van der Waals surface area contributed by atoms with Crippen LogP contribution in [0.5, 0.6) is 0 Å². The van der Waals surface area contributed by atoms with Crippen LogP contribution in [0.4, 0.5) is 4.39 Å². The van der Waals surface area contributed by atoms with Gasteiger partial charge in [0.15, 0.2) is 0 Å². The molecule has 0 bridgehead atoms. The van der Waals surface area contributed by atoms with Gasteiger partial charge in [0.1, 0.15) is 5.82 Å². The molecule has 0 heterocycles. The predicted molar refractivity (Wildman–Crippen MR) is 52.7 cm³/mol. The van der Waals surface area contributed by atoms with Crippen molar-refractivity contribution >= 4 is 15.9 Å². The Morgan fingerprint density at radius 1 is 1.54 bits per heavy atom. The molecule has 0 radical (unpaired) electrons. The Labute approximate surface area is 84.7 Å². The number of benzene rings is 1. The number of halogens is 2. The van der Waals surface area contributed by atoms with E-state index in [9.17, 15) is 9.50 Å². The van der Waals surface area contributed by atoms with E-state index in [1.54, 1.807) is 12.1 Å². The second-order valence-corrected chi connectivity index (χ2v) is 3.76. The van der Waals surface area contributed by atoms with Gasteiger partial charge in [-0.15, -0.1) is 0 Å². The number of aliphatic hydroxyl groups excluding tert-OH is 1. The summed E-state index contributed by atoms with van der Waals surface area (Å²) in [6.07, 6.45) is -0.770. The zero-order valence-electron chi connectivity index (χ0n) is 7.17. The lowest BCUT2D eigenvalue weighted by Gasteiger charge is -2.17. The first-order valence-electron chi connectivity index (χ1n) is 3.91. The topological polar surface area (TPSA) is 46.2 Å². The Balaban J connectivity index is 3.12. The molecule has 0 aromatic heterocycles. The summed E-state index contributed by atoms with van der Waals surface area (Å²) in [5.41, 5.74) is 5.94. The predicted octanol–water partition coefficient (Wildman–Crippen LogP) is 1.97. The number of rotatable bonds is 2. The Hall–Kier alpha value is -0.450. The number of hydrogen-bond donors (Lipinski definition) is 2. The summed E-state index contributed by atoms with van der Waals surface area (Å²) in [4.78, 5) is 0. The van der Waals surface area contributed by atoms with E-state index >= 15 is 0 Å². The van der Waals surface area contributed by atoms with Gasteiger partial charge in [-0.25, -0.2) is 4.39 Å². The first kappa shape index (κ1) is 10.6. The molecule has 0 fully saturated rings. The third-order valence-corrected chi connectivity index (χ3v) is 2.54. The second kappa shape index (κ2) is 4.17. The second-order valence-electron chi connectivity index (χ2n) is 2.90. The zero-order chi connectivity index (χ0) is 10.0. The molecule has 13 heavy (non-hydrogen) atoms. The molecule has 3 N–H and O–H groups in total. The molecule has 0 amide bonds. The van der Waals surface area contributed by atoms with E-state index in [2.05, 4.69) is 15.9 Å². The molecule has 0 saturated carbocycles. The van der Waals surface area contributed by atoms with Crippen molar-refractivity contribution in [3.8, 4) is 0 Å². The van der Waals surface area contributed by atoms with Gasteiger partial charge in [-0.3, -0.25) is 0 Å². The van der Waals surface area contributed by atoms with Crippen LogP contribution in [0, 0.1) is 5.82 Å². The first-order valence-corrected chi connectivity index (χ1v) is 4.71.